The van der Waals surface area contributed by atoms with Crippen molar-refractivity contribution in [2.45, 2.75) is 33.3 Å². The highest BCUT2D eigenvalue weighted by Gasteiger charge is 2.18. The molecule has 0 aliphatic heterocycles. The highest BCUT2D eigenvalue weighted by Crippen LogP contribution is 2.27. The van der Waals surface area contributed by atoms with Gasteiger partial charge in [0.2, 0.25) is 5.43 Å². The summed E-state index contributed by atoms with van der Waals surface area (Å²) >= 11 is 0. The van der Waals surface area contributed by atoms with Gasteiger partial charge in [0, 0.05) is 6.42 Å². The molecule has 0 bridgehead atoms. The molecule has 0 spiro atoms. The number of fused-ring (bicyclic) bond motifs is 1. The molecule has 2 rings (SSSR count). The van der Waals surface area contributed by atoms with E-state index < -0.39 is 6.10 Å². The summed E-state index contributed by atoms with van der Waals surface area (Å²) in [6.07, 6.45) is 1.66. The molecule has 0 saturated heterocycles. The molecule has 1 heterocycles. The van der Waals surface area contributed by atoms with Gasteiger partial charge in [-0.25, -0.2) is 0 Å². The van der Waals surface area contributed by atoms with Gasteiger partial charge in [0.25, 0.3) is 5.95 Å². The Bertz CT molecular complexity index is 734. The van der Waals surface area contributed by atoms with Gasteiger partial charge < -0.3 is 14.3 Å². The van der Waals surface area contributed by atoms with Crippen LogP contribution in [0.2, 0.25) is 0 Å². The maximum absolute atomic E-state index is 12.8. The Kier molecular flexibility index (Phi) is 4.48. The van der Waals surface area contributed by atoms with Crippen LogP contribution in [-0.4, -0.2) is 12.2 Å². The summed E-state index contributed by atoms with van der Waals surface area (Å²) in [5, 5.41) is 10.3. The zero-order valence-corrected chi connectivity index (χ0v) is 12.8. The number of aliphatic hydroxyl groups is 1. The van der Waals surface area contributed by atoms with Gasteiger partial charge in [0.1, 0.15) is 5.58 Å². The lowest BCUT2D eigenvalue weighted by atomic mass is 10.0. The van der Waals surface area contributed by atoms with Crippen LogP contribution in [0.5, 0.6) is 5.95 Å². The third kappa shape index (κ3) is 3.00. The van der Waals surface area contributed by atoms with E-state index in [1.165, 1.54) is 7.11 Å². The standard InChI is InChI=1S/C17H20O4/c1-10(2)8-9-13-16(19)15-12(11(3)18)6-5-7-14(15)21-17(13)20-4/h5-8,11,18H,9H2,1-4H3/t11-/m1/s1. The Morgan fingerprint density at radius 3 is 2.71 bits per heavy atom. The monoisotopic (exact) mass is 288 g/mol. The van der Waals surface area contributed by atoms with E-state index >= 15 is 0 Å². The van der Waals surface area contributed by atoms with Gasteiger partial charge in [-0.05, 0) is 32.4 Å². The van der Waals surface area contributed by atoms with Crippen LogP contribution in [0.25, 0.3) is 11.0 Å². The van der Waals surface area contributed by atoms with Crippen molar-refractivity contribution in [3.05, 3.63) is 51.2 Å². The first-order valence-electron chi connectivity index (χ1n) is 6.89. The Morgan fingerprint density at radius 2 is 2.14 bits per heavy atom. The molecule has 0 amide bonds. The molecule has 0 fully saturated rings. The molecule has 1 N–H and O–H groups in total. The van der Waals surface area contributed by atoms with E-state index in [0.717, 1.165) is 5.57 Å². The minimum absolute atomic E-state index is 0.151. The first kappa shape index (κ1) is 15.3. The Hall–Kier alpha value is -2.07. The van der Waals surface area contributed by atoms with Gasteiger partial charge in [-0.1, -0.05) is 23.8 Å². The molecule has 0 saturated carbocycles. The van der Waals surface area contributed by atoms with Gasteiger partial charge >= 0.3 is 0 Å². The van der Waals surface area contributed by atoms with Crippen LogP contribution in [0, 0.1) is 0 Å². The quantitative estimate of drug-likeness (QED) is 0.876. The Morgan fingerprint density at radius 1 is 1.43 bits per heavy atom. The lowest BCUT2D eigenvalue weighted by Crippen LogP contribution is -2.13. The predicted octanol–water partition coefficient (Wildman–Crippen LogP) is 3.36. The molecule has 112 valence electrons. The molecule has 21 heavy (non-hydrogen) atoms. The van der Waals surface area contributed by atoms with Crippen molar-refractivity contribution in [3.8, 4) is 5.95 Å². The molecule has 4 nitrogen and oxygen atoms in total. The average molecular weight is 288 g/mol. The molecule has 1 aromatic heterocycles. The molecule has 0 radical (unpaired) electrons. The fraction of sp³-hybridized carbons (Fsp3) is 0.353. The van der Waals surface area contributed by atoms with Crippen molar-refractivity contribution >= 4 is 11.0 Å². The third-order valence-electron chi connectivity index (χ3n) is 3.36. The summed E-state index contributed by atoms with van der Waals surface area (Å²) in [5.41, 5.74) is 2.43. The van der Waals surface area contributed by atoms with Crippen molar-refractivity contribution in [3.63, 3.8) is 0 Å². The molecule has 4 heteroatoms. The SMILES string of the molecule is COc1oc2cccc([C@@H](C)O)c2c(=O)c1CC=C(C)C. The van der Waals surface area contributed by atoms with Crippen LogP contribution >= 0.6 is 0 Å². The fourth-order valence-corrected chi connectivity index (χ4v) is 2.28. The van der Waals surface area contributed by atoms with Crippen molar-refractivity contribution in [2.24, 2.45) is 0 Å². The third-order valence-corrected chi connectivity index (χ3v) is 3.36. The van der Waals surface area contributed by atoms with Crippen molar-refractivity contribution in [2.75, 3.05) is 7.11 Å². The number of ether oxygens (including phenoxy) is 1. The van der Waals surface area contributed by atoms with Crippen LogP contribution in [0.4, 0.5) is 0 Å². The molecule has 1 aromatic carbocycles. The number of methoxy groups -OCH3 is 1. The van der Waals surface area contributed by atoms with Gasteiger partial charge in [-0.15, -0.1) is 0 Å². The largest absolute Gasteiger partial charge is 0.468 e. The zero-order chi connectivity index (χ0) is 15.6. The molecule has 0 unspecified atom stereocenters. The molecule has 1 atom stereocenters. The lowest BCUT2D eigenvalue weighted by Gasteiger charge is -2.11. The molecular formula is C17H20O4. The summed E-state index contributed by atoms with van der Waals surface area (Å²) in [7, 11) is 1.48. The highest BCUT2D eigenvalue weighted by atomic mass is 16.6. The Balaban J connectivity index is 2.78. The molecule has 0 aliphatic carbocycles. The number of hydrogen-bond acceptors (Lipinski definition) is 4. The van der Waals surface area contributed by atoms with Gasteiger partial charge in [0.15, 0.2) is 0 Å². The lowest BCUT2D eigenvalue weighted by molar-refractivity contribution is 0.200. The van der Waals surface area contributed by atoms with Crippen LogP contribution in [0.3, 0.4) is 0 Å². The minimum atomic E-state index is -0.735. The minimum Gasteiger partial charge on any atom is -0.468 e. The zero-order valence-electron chi connectivity index (χ0n) is 12.8. The van der Waals surface area contributed by atoms with Crippen LogP contribution in [0.15, 0.2) is 39.1 Å². The Labute approximate surface area is 123 Å². The molecule has 2 aromatic rings. The summed E-state index contributed by atoms with van der Waals surface area (Å²) in [6.45, 7) is 5.57. The summed E-state index contributed by atoms with van der Waals surface area (Å²) in [5.74, 6) is 0.229. The predicted molar refractivity (Wildman–Crippen MR) is 82.8 cm³/mol. The fourth-order valence-electron chi connectivity index (χ4n) is 2.28. The first-order chi connectivity index (χ1) is 9.95. The second-order valence-corrected chi connectivity index (χ2v) is 5.28. The van der Waals surface area contributed by atoms with Crippen molar-refractivity contribution < 1.29 is 14.3 Å². The molecular weight excluding hydrogens is 268 g/mol. The van der Waals surface area contributed by atoms with E-state index in [4.69, 9.17) is 9.15 Å². The number of hydrogen-bond donors (Lipinski definition) is 1. The van der Waals surface area contributed by atoms with Crippen LogP contribution < -0.4 is 10.2 Å². The van der Waals surface area contributed by atoms with E-state index in [0.29, 0.717) is 28.5 Å². The summed E-state index contributed by atoms with van der Waals surface area (Å²) < 4.78 is 10.9. The molecule has 0 aliphatic rings. The summed E-state index contributed by atoms with van der Waals surface area (Å²) in [4.78, 5) is 12.8. The summed E-state index contributed by atoms with van der Waals surface area (Å²) in [6, 6.07) is 5.19. The van der Waals surface area contributed by atoms with Gasteiger partial charge in [-0.3, -0.25) is 4.79 Å². The average Bonchev–Trinajstić information content (AvgIpc) is 2.44. The van der Waals surface area contributed by atoms with Crippen LogP contribution in [-0.2, 0) is 6.42 Å². The number of rotatable bonds is 4. The van der Waals surface area contributed by atoms with E-state index in [2.05, 4.69) is 0 Å². The van der Waals surface area contributed by atoms with E-state index in [1.807, 2.05) is 19.9 Å². The normalized spacial score (nSPS) is 12.2. The number of allylic oxidation sites excluding steroid dienone is 2. The van der Waals surface area contributed by atoms with E-state index in [9.17, 15) is 9.90 Å². The highest BCUT2D eigenvalue weighted by molar-refractivity contribution is 5.82. The van der Waals surface area contributed by atoms with Gasteiger partial charge in [-0.2, -0.15) is 0 Å². The van der Waals surface area contributed by atoms with Crippen molar-refractivity contribution in [1.82, 2.24) is 0 Å². The topological polar surface area (TPSA) is 59.7 Å². The maximum atomic E-state index is 12.8. The van der Waals surface area contributed by atoms with E-state index in [1.54, 1.807) is 25.1 Å². The second kappa shape index (κ2) is 6.14. The number of aliphatic hydroxyl groups excluding tert-OH is 1. The second-order valence-electron chi connectivity index (χ2n) is 5.28. The smallest absolute Gasteiger partial charge is 0.292 e. The maximum Gasteiger partial charge on any atom is 0.292 e. The first-order valence-corrected chi connectivity index (χ1v) is 6.89. The van der Waals surface area contributed by atoms with E-state index in [-0.39, 0.29) is 11.4 Å². The van der Waals surface area contributed by atoms with Gasteiger partial charge in [0.05, 0.1) is 24.2 Å². The van der Waals surface area contributed by atoms with Crippen molar-refractivity contribution in [1.29, 1.82) is 0 Å². The number of benzene rings is 1. The van der Waals surface area contributed by atoms with Crippen LogP contribution in [0.1, 0.15) is 38.0 Å².